The van der Waals surface area contributed by atoms with Gasteiger partial charge in [-0.2, -0.15) is 0 Å². The van der Waals surface area contributed by atoms with Crippen LogP contribution in [0.2, 0.25) is 0 Å². The van der Waals surface area contributed by atoms with Gasteiger partial charge in [-0.1, -0.05) is 0 Å². The molecular weight excluding hydrogens is 311 g/mol. The first-order valence-corrected chi connectivity index (χ1v) is 8.25. The molecule has 0 aliphatic carbocycles. The number of aromatic nitrogens is 1. The van der Waals surface area contributed by atoms with Crippen LogP contribution in [0.5, 0.6) is 0 Å². The third-order valence-electron chi connectivity index (χ3n) is 5.22. The first-order chi connectivity index (χ1) is 11.6. The number of likely N-dealkylation sites (tertiary alicyclic amines) is 1. The smallest absolute Gasteiger partial charge is 0.309 e. The molecule has 2 aromatic rings. The summed E-state index contributed by atoms with van der Waals surface area (Å²) in [6, 6.07) is 5.11. The quantitative estimate of drug-likeness (QED) is 0.852. The van der Waals surface area contributed by atoms with Gasteiger partial charge in [0, 0.05) is 42.9 Å². The number of aromatic amines is 1. The lowest BCUT2D eigenvalue weighted by Crippen LogP contribution is -2.44. The highest BCUT2D eigenvalue weighted by Crippen LogP contribution is 2.36. The molecule has 1 aromatic carbocycles. The minimum atomic E-state index is -0.752. The molecular formula is C18H23FN2O3. The molecule has 0 spiro atoms. The molecule has 1 aliphatic heterocycles. The van der Waals surface area contributed by atoms with Crippen LogP contribution >= 0.6 is 0 Å². The van der Waals surface area contributed by atoms with Gasteiger partial charge in [0.15, 0.2) is 0 Å². The average Bonchev–Trinajstić information content (AvgIpc) is 3.05. The second-order valence-corrected chi connectivity index (χ2v) is 6.57. The molecule has 0 unspecified atom stereocenters. The standard InChI is InChI=1S/C18H23FN2O3/c1-24-11-7-18(17(22)23)5-9-21(10-6-18)12-14-13-4-8-20-16(13)3-2-15(14)19/h2-4,8,20H,5-7,9-12H2,1H3,(H,22,23). The first kappa shape index (κ1) is 16.9. The Morgan fingerprint density at radius 1 is 1.38 bits per heavy atom. The first-order valence-electron chi connectivity index (χ1n) is 8.25. The lowest BCUT2D eigenvalue weighted by molar-refractivity contribution is -0.153. The van der Waals surface area contributed by atoms with Crippen LogP contribution in [-0.4, -0.2) is 47.8 Å². The van der Waals surface area contributed by atoms with Crippen molar-refractivity contribution in [1.82, 2.24) is 9.88 Å². The number of nitrogens with one attached hydrogen (secondary N) is 1. The molecule has 0 amide bonds. The van der Waals surface area contributed by atoms with Crippen molar-refractivity contribution in [3.8, 4) is 0 Å². The van der Waals surface area contributed by atoms with Crippen molar-refractivity contribution in [2.24, 2.45) is 5.41 Å². The van der Waals surface area contributed by atoms with Crippen LogP contribution < -0.4 is 0 Å². The second kappa shape index (κ2) is 6.91. The van der Waals surface area contributed by atoms with E-state index >= 15 is 0 Å². The van der Waals surface area contributed by atoms with Crippen LogP contribution in [0.15, 0.2) is 24.4 Å². The van der Waals surface area contributed by atoms with Crippen molar-refractivity contribution in [2.45, 2.75) is 25.8 Å². The predicted molar refractivity (Wildman–Crippen MR) is 89.3 cm³/mol. The molecule has 2 heterocycles. The normalized spacial score (nSPS) is 18.1. The van der Waals surface area contributed by atoms with Crippen molar-refractivity contribution in [2.75, 3.05) is 26.8 Å². The molecule has 130 valence electrons. The van der Waals surface area contributed by atoms with E-state index in [1.807, 2.05) is 12.3 Å². The van der Waals surface area contributed by atoms with Crippen molar-refractivity contribution in [3.63, 3.8) is 0 Å². The second-order valence-electron chi connectivity index (χ2n) is 6.57. The molecule has 1 fully saturated rings. The van der Waals surface area contributed by atoms with Gasteiger partial charge in [0.25, 0.3) is 0 Å². The van der Waals surface area contributed by atoms with Crippen molar-refractivity contribution < 1.29 is 19.0 Å². The fourth-order valence-electron chi connectivity index (χ4n) is 3.56. The number of carboxylic acid groups (broad SMARTS) is 1. The zero-order chi connectivity index (χ0) is 17.2. The number of carboxylic acids is 1. The van der Waals surface area contributed by atoms with E-state index in [9.17, 15) is 14.3 Å². The molecule has 2 N–H and O–H groups in total. The number of halogens is 1. The summed E-state index contributed by atoms with van der Waals surface area (Å²) in [5.41, 5.74) is 0.877. The molecule has 1 aliphatic rings. The topological polar surface area (TPSA) is 65.6 Å². The maximum atomic E-state index is 14.2. The van der Waals surface area contributed by atoms with Gasteiger partial charge in [-0.05, 0) is 50.6 Å². The lowest BCUT2D eigenvalue weighted by atomic mass is 9.76. The molecule has 0 atom stereocenters. The highest BCUT2D eigenvalue weighted by Gasteiger charge is 2.41. The van der Waals surface area contributed by atoms with Crippen LogP contribution in [0, 0.1) is 11.2 Å². The summed E-state index contributed by atoms with van der Waals surface area (Å²) in [6.45, 7) is 2.25. The van der Waals surface area contributed by atoms with Gasteiger partial charge >= 0.3 is 5.97 Å². The van der Waals surface area contributed by atoms with Crippen LogP contribution in [0.3, 0.4) is 0 Å². The summed E-state index contributed by atoms with van der Waals surface area (Å²) in [5.74, 6) is -0.963. The number of methoxy groups -OCH3 is 1. The number of nitrogens with zero attached hydrogens (tertiary/aromatic N) is 1. The van der Waals surface area contributed by atoms with E-state index in [2.05, 4.69) is 9.88 Å². The molecule has 5 nitrogen and oxygen atoms in total. The van der Waals surface area contributed by atoms with E-state index in [0.29, 0.717) is 51.1 Å². The summed E-state index contributed by atoms with van der Waals surface area (Å²) >= 11 is 0. The number of rotatable bonds is 6. The molecule has 3 rings (SSSR count). The van der Waals surface area contributed by atoms with Crippen molar-refractivity contribution >= 4 is 16.9 Å². The van der Waals surface area contributed by atoms with E-state index in [0.717, 1.165) is 10.9 Å². The number of ether oxygens (including phenoxy) is 1. The van der Waals surface area contributed by atoms with E-state index in [-0.39, 0.29) is 5.82 Å². The minimum absolute atomic E-state index is 0.212. The van der Waals surface area contributed by atoms with Gasteiger partial charge < -0.3 is 14.8 Å². The molecule has 0 radical (unpaired) electrons. The van der Waals surface area contributed by atoms with Crippen molar-refractivity contribution in [1.29, 1.82) is 0 Å². The lowest BCUT2D eigenvalue weighted by Gasteiger charge is -2.39. The SMILES string of the molecule is COCCC1(C(=O)O)CCN(Cc2c(F)ccc3[nH]ccc23)CC1. The number of H-pyrrole nitrogens is 1. The Morgan fingerprint density at radius 3 is 2.79 bits per heavy atom. The summed E-state index contributed by atoms with van der Waals surface area (Å²) in [7, 11) is 1.59. The average molecular weight is 334 g/mol. The molecule has 6 heteroatoms. The fraction of sp³-hybridized carbons (Fsp3) is 0.500. The number of piperidine rings is 1. The maximum Gasteiger partial charge on any atom is 0.309 e. The number of hydrogen-bond donors (Lipinski definition) is 2. The Balaban J connectivity index is 1.71. The summed E-state index contributed by atoms with van der Waals surface area (Å²) < 4.78 is 19.3. The Kier molecular flexibility index (Phi) is 4.87. The zero-order valence-corrected chi connectivity index (χ0v) is 13.8. The number of aliphatic carboxylic acids is 1. The molecule has 0 bridgehead atoms. The largest absolute Gasteiger partial charge is 0.481 e. The summed E-state index contributed by atoms with van der Waals surface area (Å²) in [4.78, 5) is 16.9. The maximum absolute atomic E-state index is 14.2. The van der Waals surface area contributed by atoms with E-state index in [1.165, 1.54) is 6.07 Å². The minimum Gasteiger partial charge on any atom is -0.481 e. The van der Waals surface area contributed by atoms with Crippen LogP contribution in [0.25, 0.3) is 10.9 Å². The fourth-order valence-corrected chi connectivity index (χ4v) is 3.56. The van der Waals surface area contributed by atoms with Gasteiger partial charge in [-0.3, -0.25) is 9.69 Å². The van der Waals surface area contributed by atoms with E-state index < -0.39 is 11.4 Å². The van der Waals surface area contributed by atoms with Gasteiger partial charge in [0.2, 0.25) is 0 Å². The Labute approximate surface area is 140 Å². The number of hydrogen-bond acceptors (Lipinski definition) is 3. The van der Waals surface area contributed by atoms with Gasteiger partial charge in [-0.25, -0.2) is 4.39 Å². The third-order valence-corrected chi connectivity index (χ3v) is 5.22. The van der Waals surface area contributed by atoms with Crippen LogP contribution in [-0.2, 0) is 16.1 Å². The number of benzene rings is 1. The molecule has 0 saturated carbocycles. The highest BCUT2D eigenvalue weighted by atomic mass is 19.1. The summed E-state index contributed by atoms with van der Waals surface area (Å²) in [6.07, 6.45) is 3.46. The van der Waals surface area contributed by atoms with E-state index in [4.69, 9.17) is 4.74 Å². The van der Waals surface area contributed by atoms with Crippen LogP contribution in [0.1, 0.15) is 24.8 Å². The predicted octanol–water partition coefficient (Wildman–Crippen LogP) is 3.01. The third kappa shape index (κ3) is 3.16. The molecule has 1 saturated heterocycles. The van der Waals surface area contributed by atoms with Crippen molar-refractivity contribution in [3.05, 3.63) is 35.8 Å². The van der Waals surface area contributed by atoms with Gasteiger partial charge in [0.05, 0.1) is 5.41 Å². The monoisotopic (exact) mass is 334 g/mol. The molecule has 24 heavy (non-hydrogen) atoms. The van der Waals surface area contributed by atoms with Crippen LogP contribution in [0.4, 0.5) is 4.39 Å². The Hall–Kier alpha value is -1.92. The highest BCUT2D eigenvalue weighted by molar-refractivity contribution is 5.83. The van der Waals surface area contributed by atoms with Gasteiger partial charge in [0.1, 0.15) is 5.82 Å². The Bertz CT molecular complexity index is 720. The summed E-state index contributed by atoms with van der Waals surface area (Å²) in [5, 5.41) is 10.5. The van der Waals surface area contributed by atoms with E-state index in [1.54, 1.807) is 13.2 Å². The number of fused-ring (bicyclic) bond motifs is 1. The van der Waals surface area contributed by atoms with Gasteiger partial charge in [-0.15, -0.1) is 0 Å². The Morgan fingerprint density at radius 2 is 2.12 bits per heavy atom. The zero-order valence-electron chi connectivity index (χ0n) is 13.8. The molecule has 1 aromatic heterocycles. The number of carbonyl (C=O) groups is 1.